The summed E-state index contributed by atoms with van der Waals surface area (Å²) >= 11 is 0. The standard InChI is InChI=1S/C15H19N3O2/c1-12(19)7-8-15(20)16-9-13-10-17-18(11-13)14-5-3-2-4-6-14/h2-6,10-12,19H,7-9H2,1H3,(H,16,20). The molecular weight excluding hydrogens is 254 g/mol. The van der Waals surface area contributed by atoms with Gasteiger partial charge in [-0.25, -0.2) is 4.68 Å². The van der Waals surface area contributed by atoms with Gasteiger partial charge in [-0.15, -0.1) is 0 Å². The summed E-state index contributed by atoms with van der Waals surface area (Å²) in [5, 5.41) is 16.2. The number of carbonyl (C=O) groups excluding carboxylic acids is 1. The normalized spacial score (nSPS) is 12.1. The predicted molar refractivity (Wildman–Crippen MR) is 76.3 cm³/mol. The summed E-state index contributed by atoms with van der Waals surface area (Å²) in [7, 11) is 0. The third kappa shape index (κ3) is 4.20. The van der Waals surface area contributed by atoms with E-state index in [0.717, 1.165) is 11.3 Å². The number of carbonyl (C=O) groups is 1. The summed E-state index contributed by atoms with van der Waals surface area (Å²) in [6, 6.07) is 9.80. The van der Waals surface area contributed by atoms with Gasteiger partial charge in [0.15, 0.2) is 0 Å². The highest BCUT2D eigenvalue weighted by Gasteiger charge is 2.05. The fourth-order valence-corrected chi connectivity index (χ4v) is 1.80. The summed E-state index contributed by atoms with van der Waals surface area (Å²) in [6.45, 7) is 2.13. The van der Waals surface area contributed by atoms with E-state index in [1.165, 1.54) is 0 Å². The molecule has 0 fully saturated rings. The van der Waals surface area contributed by atoms with Crippen molar-refractivity contribution in [1.29, 1.82) is 0 Å². The van der Waals surface area contributed by atoms with E-state index in [9.17, 15) is 4.79 Å². The number of para-hydroxylation sites is 1. The summed E-state index contributed by atoms with van der Waals surface area (Å²) in [5.41, 5.74) is 1.93. The van der Waals surface area contributed by atoms with Gasteiger partial charge in [0.05, 0.1) is 18.0 Å². The summed E-state index contributed by atoms with van der Waals surface area (Å²) in [4.78, 5) is 11.5. The van der Waals surface area contributed by atoms with Gasteiger partial charge in [0.25, 0.3) is 0 Å². The number of nitrogens with one attached hydrogen (secondary N) is 1. The second-order valence-electron chi connectivity index (χ2n) is 4.79. The molecule has 1 aromatic carbocycles. The topological polar surface area (TPSA) is 67.2 Å². The van der Waals surface area contributed by atoms with Crippen molar-refractivity contribution in [2.75, 3.05) is 0 Å². The molecular formula is C15H19N3O2. The van der Waals surface area contributed by atoms with E-state index in [4.69, 9.17) is 5.11 Å². The summed E-state index contributed by atoms with van der Waals surface area (Å²) < 4.78 is 1.78. The highest BCUT2D eigenvalue weighted by atomic mass is 16.3. The van der Waals surface area contributed by atoms with Crippen LogP contribution in [0.1, 0.15) is 25.3 Å². The van der Waals surface area contributed by atoms with Crippen molar-refractivity contribution >= 4 is 5.91 Å². The molecule has 2 rings (SSSR count). The number of rotatable bonds is 6. The van der Waals surface area contributed by atoms with Crippen molar-refractivity contribution in [1.82, 2.24) is 15.1 Å². The number of nitrogens with zero attached hydrogens (tertiary/aromatic N) is 2. The largest absolute Gasteiger partial charge is 0.393 e. The van der Waals surface area contributed by atoms with Crippen LogP contribution < -0.4 is 5.32 Å². The Kier molecular flexibility index (Phi) is 4.90. The molecule has 106 valence electrons. The molecule has 0 radical (unpaired) electrons. The van der Waals surface area contributed by atoms with Crippen LogP contribution in [0.2, 0.25) is 0 Å². The molecule has 0 aliphatic rings. The molecule has 0 aliphatic carbocycles. The fraction of sp³-hybridized carbons (Fsp3) is 0.333. The van der Waals surface area contributed by atoms with E-state index in [2.05, 4.69) is 10.4 Å². The summed E-state index contributed by atoms with van der Waals surface area (Å²) in [5.74, 6) is -0.0571. The molecule has 1 unspecified atom stereocenters. The van der Waals surface area contributed by atoms with Crippen molar-refractivity contribution in [3.05, 3.63) is 48.3 Å². The third-order valence-corrected chi connectivity index (χ3v) is 2.94. The molecule has 0 bridgehead atoms. The SMILES string of the molecule is CC(O)CCC(=O)NCc1cnn(-c2ccccc2)c1. The molecule has 0 aliphatic heterocycles. The van der Waals surface area contributed by atoms with Crippen LogP contribution >= 0.6 is 0 Å². The van der Waals surface area contributed by atoms with Crippen LogP contribution in [0.5, 0.6) is 0 Å². The lowest BCUT2D eigenvalue weighted by Gasteiger charge is -2.05. The van der Waals surface area contributed by atoms with Crippen molar-refractivity contribution in [3.63, 3.8) is 0 Å². The molecule has 5 heteroatoms. The molecule has 2 N–H and O–H groups in total. The first-order valence-corrected chi connectivity index (χ1v) is 6.69. The molecule has 1 atom stereocenters. The van der Waals surface area contributed by atoms with Crippen LogP contribution in [-0.4, -0.2) is 26.9 Å². The summed E-state index contributed by atoms with van der Waals surface area (Å²) in [6.07, 6.45) is 4.01. The van der Waals surface area contributed by atoms with Crippen LogP contribution in [0.15, 0.2) is 42.7 Å². The Labute approximate surface area is 118 Å². The fourth-order valence-electron chi connectivity index (χ4n) is 1.80. The number of aliphatic hydroxyl groups is 1. The lowest BCUT2D eigenvalue weighted by Crippen LogP contribution is -2.23. The van der Waals surface area contributed by atoms with E-state index < -0.39 is 6.10 Å². The van der Waals surface area contributed by atoms with Gasteiger partial charge in [0.2, 0.25) is 5.91 Å². The van der Waals surface area contributed by atoms with E-state index in [1.807, 2.05) is 36.5 Å². The lowest BCUT2D eigenvalue weighted by molar-refractivity contribution is -0.121. The molecule has 2 aromatic rings. The Hall–Kier alpha value is -2.14. The molecule has 20 heavy (non-hydrogen) atoms. The van der Waals surface area contributed by atoms with Gasteiger partial charge in [-0.2, -0.15) is 5.10 Å². The van der Waals surface area contributed by atoms with E-state index in [0.29, 0.717) is 19.4 Å². The first-order valence-electron chi connectivity index (χ1n) is 6.69. The molecule has 1 amide bonds. The minimum Gasteiger partial charge on any atom is -0.393 e. The van der Waals surface area contributed by atoms with Crippen LogP contribution in [0.3, 0.4) is 0 Å². The second kappa shape index (κ2) is 6.86. The Morgan fingerprint density at radius 2 is 2.15 bits per heavy atom. The van der Waals surface area contributed by atoms with Crippen molar-refractivity contribution in [2.45, 2.75) is 32.4 Å². The smallest absolute Gasteiger partial charge is 0.220 e. The van der Waals surface area contributed by atoms with Gasteiger partial charge in [0.1, 0.15) is 0 Å². The maximum absolute atomic E-state index is 11.5. The first-order chi connectivity index (χ1) is 9.65. The van der Waals surface area contributed by atoms with Crippen molar-refractivity contribution < 1.29 is 9.90 Å². The minimum atomic E-state index is -0.443. The monoisotopic (exact) mass is 273 g/mol. The zero-order valence-corrected chi connectivity index (χ0v) is 11.5. The molecule has 0 saturated heterocycles. The van der Waals surface area contributed by atoms with Gasteiger partial charge >= 0.3 is 0 Å². The predicted octanol–water partition coefficient (Wildman–Crippen LogP) is 1.65. The van der Waals surface area contributed by atoms with Crippen molar-refractivity contribution in [3.8, 4) is 5.69 Å². The molecule has 0 saturated carbocycles. The maximum Gasteiger partial charge on any atom is 0.220 e. The zero-order valence-electron chi connectivity index (χ0n) is 11.5. The average molecular weight is 273 g/mol. The number of benzene rings is 1. The molecule has 1 heterocycles. The number of aromatic nitrogens is 2. The Morgan fingerprint density at radius 1 is 1.40 bits per heavy atom. The van der Waals surface area contributed by atoms with Gasteiger partial charge in [-0.05, 0) is 25.5 Å². The van der Waals surface area contributed by atoms with Crippen molar-refractivity contribution in [2.24, 2.45) is 0 Å². The van der Waals surface area contributed by atoms with E-state index in [-0.39, 0.29) is 5.91 Å². The lowest BCUT2D eigenvalue weighted by atomic mass is 10.2. The number of amides is 1. The Bertz CT molecular complexity index is 549. The Balaban J connectivity index is 1.86. The zero-order chi connectivity index (χ0) is 14.4. The molecule has 5 nitrogen and oxygen atoms in total. The van der Waals surface area contributed by atoms with Crippen LogP contribution in [0.4, 0.5) is 0 Å². The highest BCUT2D eigenvalue weighted by Crippen LogP contribution is 2.07. The van der Waals surface area contributed by atoms with E-state index in [1.54, 1.807) is 17.8 Å². The van der Waals surface area contributed by atoms with Gasteiger partial charge in [-0.1, -0.05) is 18.2 Å². The number of hydrogen-bond acceptors (Lipinski definition) is 3. The van der Waals surface area contributed by atoms with Crippen LogP contribution in [-0.2, 0) is 11.3 Å². The van der Waals surface area contributed by atoms with E-state index >= 15 is 0 Å². The highest BCUT2D eigenvalue weighted by molar-refractivity contribution is 5.75. The van der Waals surface area contributed by atoms with Gasteiger partial charge in [-0.3, -0.25) is 4.79 Å². The van der Waals surface area contributed by atoms with Crippen LogP contribution in [0.25, 0.3) is 5.69 Å². The molecule has 1 aromatic heterocycles. The maximum atomic E-state index is 11.5. The number of aliphatic hydroxyl groups excluding tert-OH is 1. The minimum absolute atomic E-state index is 0.0571. The Morgan fingerprint density at radius 3 is 2.85 bits per heavy atom. The quantitative estimate of drug-likeness (QED) is 0.841. The van der Waals surface area contributed by atoms with Gasteiger partial charge < -0.3 is 10.4 Å². The number of hydrogen-bond donors (Lipinski definition) is 2. The third-order valence-electron chi connectivity index (χ3n) is 2.94. The van der Waals surface area contributed by atoms with Gasteiger partial charge in [0, 0.05) is 24.7 Å². The second-order valence-corrected chi connectivity index (χ2v) is 4.79. The first kappa shape index (κ1) is 14.3. The molecule has 0 spiro atoms. The average Bonchev–Trinajstić information content (AvgIpc) is 2.93. The van der Waals surface area contributed by atoms with Crippen LogP contribution in [0, 0.1) is 0 Å².